The molecule has 0 heterocycles. The number of phenolic OH excluding ortho intramolecular Hbond substituents is 1. The number of benzene rings is 2. The Hall–Kier alpha value is -1.65. The Labute approximate surface area is 212 Å². The lowest BCUT2D eigenvalue weighted by molar-refractivity contribution is 0.190. The third kappa shape index (κ3) is 5.85. The molecular weight excluding hydrogens is 457 g/mol. The fourth-order valence-electron chi connectivity index (χ4n) is 5.42. The van der Waals surface area contributed by atoms with Crippen molar-refractivity contribution >= 4 is 7.75 Å². The van der Waals surface area contributed by atoms with Gasteiger partial charge in [0.05, 0.1) is 18.8 Å². The highest BCUT2D eigenvalue weighted by Gasteiger charge is 2.50. The van der Waals surface area contributed by atoms with Gasteiger partial charge in [0, 0.05) is 5.92 Å². The van der Waals surface area contributed by atoms with E-state index in [1.165, 1.54) is 0 Å². The molecule has 2 aromatic rings. The maximum absolute atomic E-state index is 13.8. The van der Waals surface area contributed by atoms with Crippen LogP contribution in [0.1, 0.15) is 103 Å². The SMILES string of the molecule is CCOP(=O)(NC1(c2ccccc2)CCCC1c1cc(C(C)(C)C)c(O)c(C(C)(C)C)c1)OCC. The zero-order chi connectivity index (χ0) is 26.1. The molecule has 0 aromatic heterocycles. The van der Waals surface area contributed by atoms with E-state index in [2.05, 4.69) is 70.9 Å². The molecule has 0 bridgehead atoms. The minimum absolute atomic E-state index is 0.0296. The quantitative estimate of drug-likeness (QED) is 0.360. The second-order valence-electron chi connectivity index (χ2n) is 11.7. The average Bonchev–Trinajstić information content (AvgIpc) is 3.17. The summed E-state index contributed by atoms with van der Waals surface area (Å²) in [7, 11) is -3.55. The molecule has 5 nitrogen and oxygen atoms in total. The molecular formula is C29H44NO4P. The topological polar surface area (TPSA) is 67.8 Å². The summed E-state index contributed by atoms with van der Waals surface area (Å²) in [5.41, 5.74) is 3.01. The van der Waals surface area contributed by atoms with Crippen molar-refractivity contribution in [2.75, 3.05) is 13.2 Å². The molecule has 194 valence electrons. The maximum Gasteiger partial charge on any atom is 0.406 e. The summed E-state index contributed by atoms with van der Waals surface area (Å²) in [5.74, 6) is 0.404. The molecule has 0 amide bonds. The monoisotopic (exact) mass is 501 g/mol. The van der Waals surface area contributed by atoms with E-state index in [9.17, 15) is 9.67 Å². The van der Waals surface area contributed by atoms with Crippen molar-refractivity contribution in [3.8, 4) is 5.75 Å². The van der Waals surface area contributed by atoms with E-state index in [-0.39, 0.29) is 16.7 Å². The van der Waals surface area contributed by atoms with Gasteiger partial charge in [-0.3, -0.25) is 9.05 Å². The summed E-state index contributed by atoms with van der Waals surface area (Å²) in [6, 6.07) is 14.6. The third-order valence-electron chi connectivity index (χ3n) is 7.03. The summed E-state index contributed by atoms with van der Waals surface area (Å²) in [4.78, 5) is 0. The fraction of sp³-hybridized carbons (Fsp3) is 0.586. The van der Waals surface area contributed by atoms with Crippen LogP contribution in [0.5, 0.6) is 5.75 Å². The summed E-state index contributed by atoms with van der Waals surface area (Å²) < 4.78 is 25.3. The van der Waals surface area contributed by atoms with Crippen molar-refractivity contribution in [2.45, 2.75) is 96.9 Å². The zero-order valence-electron chi connectivity index (χ0n) is 22.8. The summed E-state index contributed by atoms with van der Waals surface area (Å²) in [6.45, 7) is 17.1. The van der Waals surface area contributed by atoms with Gasteiger partial charge in [-0.2, -0.15) is 0 Å². The molecule has 2 unspecified atom stereocenters. The van der Waals surface area contributed by atoms with Crippen molar-refractivity contribution in [3.05, 3.63) is 64.7 Å². The van der Waals surface area contributed by atoms with Crippen LogP contribution in [0, 0.1) is 0 Å². The van der Waals surface area contributed by atoms with Crippen molar-refractivity contribution in [2.24, 2.45) is 0 Å². The van der Waals surface area contributed by atoms with E-state index >= 15 is 0 Å². The molecule has 0 aliphatic heterocycles. The molecule has 1 fully saturated rings. The van der Waals surface area contributed by atoms with Gasteiger partial charge in [0.25, 0.3) is 0 Å². The lowest BCUT2D eigenvalue weighted by Crippen LogP contribution is -2.43. The number of nitrogens with one attached hydrogen (secondary N) is 1. The summed E-state index contributed by atoms with van der Waals surface area (Å²) in [5, 5.41) is 14.8. The van der Waals surface area contributed by atoms with Crippen LogP contribution in [0.15, 0.2) is 42.5 Å². The molecule has 2 aromatic carbocycles. The fourth-order valence-corrected chi connectivity index (χ4v) is 7.19. The molecule has 1 saturated carbocycles. The van der Waals surface area contributed by atoms with Crippen LogP contribution >= 0.6 is 7.75 Å². The second-order valence-corrected chi connectivity index (χ2v) is 13.4. The molecule has 2 atom stereocenters. The number of aromatic hydroxyl groups is 1. The van der Waals surface area contributed by atoms with Gasteiger partial charge in [0.1, 0.15) is 5.75 Å². The summed E-state index contributed by atoms with van der Waals surface area (Å²) in [6.07, 6.45) is 2.71. The first-order chi connectivity index (χ1) is 16.3. The van der Waals surface area contributed by atoms with Gasteiger partial charge in [-0.1, -0.05) is 90.4 Å². The first kappa shape index (κ1) is 27.9. The zero-order valence-corrected chi connectivity index (χ0v) is 23.7. The van der Waals surface area contributed by atoms with Crippen LogP contribution in [-0.4, -0.2) is 18.3 Å². The highest BCUT2D eigenvalue weighted by molar-refractivity contribution is 7.51. The van der Waals surface area contributed by atoms with Crippen molar-refractivity contribution in [1.82, 2.24) is 5.09 Å². The molecule has 3 rings (SSSR count). The van der Waals surface area contributed by atoms with Gasteiger partial charge in [-0.05, 0) is 59.8 Å². The Morgan fingerprint density at radius 1 is 0.971 bits per heavy atom. The van der Waals surface area contributed by atoms with Crippen LogP contribution in [0.25, 0.3) is 0 Å². The van der Waals surface area contributed by atoms with Gasteiger partial charge in [-0.15, -0.1) is 0 Å². The van der Waals surface area contributed by atoms with Crippen LogP contribution in [-0.2, 0) is 30.0 Å². The molecule has 2 N–H and O–H groups in total. The molecule has 6 heteroatoms. The van der Waals surface area contributed by atoms with E-state index in [1.807, 2.05) is 32.0 Å². The number of rotatable bonds is 8. The van der Waals surface area contributed by atoms with Crippen LogP contribution in [0.2, 0.25) is 0 Å². The van der Waals surface area contributed by atoms with Crippen molar-refractivity contribution < 1.29 is 18.7 Å². The van der Waals surface area contributed by atoms with Gasteiger partial charge in [0.15, 0.2) is 0 Å². The largest absolute Gasteiger partial charge is 0.507 e. The standard InChI is InChI=1S/C29H44NO4P/c1-9-33-35(32,34-10-2)30-29(22-15-12-11-13-16-22)18-14-17-23(29)21-19-24(27(3,4)5)26(31)25(20-21)28(6,7)8/h11-13,15-16,19-20,23,31H,9-10,14,17-18H2,1-8H3,(H,30,32). The van der Waals surface area contributed by atoms with Gasteiger partial charge in [0.2, 0.25) is 0 Å². The van der Waals surface area contributed by atoms with E-state index in [0.717, 1.165) is 41.5 Å². The van der Waals surface area contributed by atoms with E-state index in [1.54, 1.807) is 0 Å². The lowest BCUT2D eigenvalue weighted by Gasteiger charge is -2.40. The van der Waals surface area contributed by atoms with Crippen molar-refractivity contribution in [3.63, 3.8) is 0 Å². The van der Waals surface area contributed by atoms with E-state index in [0.29, 0.717) is 19.0 Å². The minimum Gasteiger partial charge on any atom is -0.507 e. The van der Waals surface area contributed by atoms with E-state index in [4.69, 9.17) is 9.05 Å². The second kappa shape index (κ2) is 10.4. The number of hydrogen-bond donors (Lipinski definition) is 2. The number of phenols is 1. The molecule has 0 radical (unpaired) electrons. The lowest BCUT2D eigenvalue weighted by atomic mass is 9.73. The van der Waals surface area contributed by atoms with Gasteiger partial charge < -0.3 is 5.11 Å². The summed E-state index contributed by atoms with van der Waals surface area (Å²) >= 11 is 0. The maximum atomic E-state index is 13.8. The highest BCUT2D eigenvalue weighted by Crippen LogP contribution is 2.58. The van der Waals surface area contributed by atoms with E-state index < -0.39 is 13.3 Å². The first-order valence-electron chi connectivity index (χ1n) is 12.9. The molecule has 35 heavy (non-hydrogen) atoms. The predicted molar refractivity (Wildman–Crippen MR) is 144 cm³/mol. The molecule has 0 spiro atoms. The average molecular weight is 502 g/mol. The normalized spacial score (nSPS) is 21.4. The Kier molecular flexibility index (Phi) is 8.28. The highest BCUT2D eigenvalue weighted by atomic mass is 31.2. The molecule has 1 aliphatic carbocycles. The number of hydrogen-bond acceptors (Lipinski definition) is 4. The predicted octanol–water partition coefficient (Wildman–Crippen LogP) is 7.92. The third-order valence-corrected chi connectivity index (χ3v) is 8.90. The minimum atomic E-state index is -3.55. The smallest absolute Gasteiger partial charge is 0.406 e. The van der Waals surface area contributed by atoms with Crippen LogP contribution in [0.3, 0.4) is 0 Å². The first-order valence-corrected chi connectivity index (χ1v) is 14.4. The molecule has 0 saturated heterocycles. The Morgan fingerprint density at radius 3 is 1.94 bits per heavy atom. The Morgan fingerprint density at radius 2 is 1.49 bits per heavy atom. The Balaban J connectivity index is 2.27. The molecule has 1 aliphatic rings. The van der Waals surface area contributed by atoms with Gasteiger partial charge in [-0.25, -0.2) is 9.65 Å². The van der Waals surface area contributed by atoms with Gasteiger partial charge >= 0.3 is 7.75 Å². The van der Waals surface area contributed by atoms with Crippen LogP contribution in [0.4, 0.5) is 0 Å². The van der Waals surface area contributed by atoms with Crippen LogP contribution < -0.4 is 5.09 Å². The Bertz CT molecular complexity index is 1010. The van der Waals surface area contributed by atoms with Crippen molar-refractivity contribution in [1.29, 1.82) is 0 Å².